The fraction of sp³-hybridized carbons (Fsp3) is 0.286. The molecule has 0 radical (unpaired) electrons. The smallest absolute Gasteiger partial charge is 0.416 e. The van der Waals surface area contributed by atoms with E-state index in [9.17, 15) is 17.6 Å². The summed E-state index contributed by atoms with van der Waals surface area (Å²) in [6.45, 7) is 0. The molecule has 1 unspecified atom stereocenters. The normalized spacial score (nSPS) is 18.9. The molecule has 1 heterocycles. The van der Waals surface area contributed by atoms with Gasteiger partial charge in [-0.15, -0.1) is 0 Å². The molecule has 1 fully saturated rings. The largest absolute Gasteiger partial charge is 0.497 e. The van der Waals surface area contributed by atoms with Crippen molar-refractivity contribution in [3.05, 3.63) is 124 Å². The van der Waals surface area contributed by atoms with Gasteiger partial charge in [0.15, 0.2) is 17.1 Å². The van der Waals surface area contributed by atoms with Gasteiger partial charge >= 0.3 is 6.18 Å². The van der Waals surface area contributed by atoms with Crippen molar-refractivity contribution in [2.45, 2.75) is 55.7 Å². The predicted molar refractivity (Wildman–Crippen MR) is 186 cm³/mol. The molecule has 0 N–H and O–H groups in total. The molecule has 8 rings (SSSR count). The fourth-order valence-corrected chi connectivity index (χ4v) is 8.58. The van der Waals surface area contributed by atoms with Crippen LogP contribution in [0.4, 0.5) is 17.6 Å². The maximum atomic E-state index is 14.3. The van der Waals surface area contributed by atoms with Gasteiger partial charge in [0.25, 0.3) is 0 Å². The van der Waals surface area contributed by atoms with Crippen LogP contribution in [0, 0.1) is 5.82 Å². The maximum absolute atomic E-state index is 14.3. The first kappa shape index (κ1) is 32.2. The highest BCUT2D eigenvalue weighted by Gasteiger charge is 2.49. The summed E-state index contributed by atoms with van der Waals surface area (Å²) >= 11 is 0. The van der Waals surface area contributed by atoms with Crippen LogP contribution < -0.4 is 18.9 Å². The molecule has 5 aromatic rings. The van der Waals surface area contributed by atoms with Crippen LogP contribution in [0.3, 0.4) is 0 Å². The van der Waals surface area contributed by atoms with Crippen LogP contribution in [0.5, 0.6) is 23.0 Å². The van der Waals surface area contributed by atoms with Crippen molar-refractivity contribution in [3.8, 4) is 34.1 Å². The van der Waals surface area contributed by atoms with Gasteiger partial charge < -0.3 is 18.9 Å². The maximum Gasteiger partial charge on any atom is 0.416 e. The highest BCUT2D eigenvalue weighted by atomic mass is 19.4. The van der Waals surface area contributed by atoms with Crippen molar-refractivity contribution < 1.29 is 36.5 Å². The van der Waals surface area contributed by atoms with Crippen LogP contribution in [-0.4, -0.2) is 21.3 Å². The summed E-state index contributed by atoms with van der Waals surface area (Å²) in [6.07, 6.45) is 4.82. The molecule has 0 saturated heterocycles. The first-order valence-corrected chi connectivity index (χ1v) is 16.9. The summed E-state index contributed by atoms with van der Waals surface area (Å²) in [5.74, 6) is 1.88. The number of fused-ring (bicyclic) bond motifs is 10. The molecule has 8 heteroatoms. The van der Waals surface area contributed by atoms with Gasteiger partial charge in [0.05, 0.1) is 26.9 Å². The Kier molecular flexibility index (Phi) is 7.62. The minimum absolute atomic E-state index is 0.370. The van der Waals surface area contributed by atoms with Gasteiger partial charge in [0.1, 0.15) is 17.3 Å². The van der Waals surface area contributed by atoms with E-state index in [1.54, 1.807) is 39.5 Å². The van der Waals surface area contributed by atoms with Crippen molar-refractivity contribution >= 4 is 16.8 Å². The van der Waals surface area contributed by atoms with Gasteiger partial charge in [-0.25, -0.2) is 4.39 Å². The summed E-state index contributed by atoms with van der Waals surface area (Å²) in [5, 5.41) is 1.54. The molecule has 3 aliphatic rings. The third-order valence-corrected chi connectivity index (χ3v) is 10.9. The molecule has 256 valence electrons. The first-order chi connectivity index (χ1) is 24.1. The molecule has 1 spiro atoms. The lowest BCUT2D eigenvalue weighted by molar-refractivity contribution is -0.137. The fourth-order valence-electron chi connectivity index (χ4n) is 8.58. The van der Waals surface area contributed by atoms with Gasteiger partial charge in [0.2, 0.25) is 0 Å². The minimum Gasteiger partial charge on any atom is -0.497 e. The molecule has 50 heavy (non-hydrogen) atoms. The van der Waals surface area contributed by atoms with E-state index in [0.29, 0.717) is 34.1 Å². The standard InChI is InChI=1S/C42H36F4O4/c1-47-29-15-10-26(11-16-29)41(25-8-13-28(43)14-9-25)21-18-31-38-37(32-23-35(48-2)36(49-3)24-33(32)39(31)50-41)30-17-12-27(42(44,45)46)22-34(30)40(38)19-6-4-5-7-20-40/h8-18,21-24H,4-7,19-20H2,1-3H3. The SMILES string of the molecule is COc1ccc(C2(c3ccc(F)cc3)C=Cc3c4c(c5cc(OC)c(OC)cc5c3O2)-c2ccc(C(F)(F)F)cc2C42CCCCCC2)cc1. The van der Waals surface area contributed by atoms with E-state index in [0.717, 1.165) is 77.1 Å². The van der Waals surface area contributed by atoms with Gasteiger partial charge in [-0.3, -0.25) is 0 Å². The number of methoxy groups -OCH3 is 3. The second kappa shape index (κ2) is 11.8. The van der Waals surface area contributed by atoms with Crippen LogP contribution in [-0.2, 0) is 17.2 Å². The van der Waals surface area contributed by atoms with Crippen molar-refractivity contribution in [3.63, 3.8) is 0 Å². The quantitative estimate of drug-likeness (QED) is 0.173. The third kappa shape index (κ3) is 4.78. The Morgan fingerprint density at radius 2 is 1.32 bits per heavy atom. The molecule has 2 aliphatic carbocycles. The molecular formula is C42H36F4O4. The lowest BCUT2D eigenvalue weighted by atomic mass is 9.69. The van der Waals surface area contributed by atoms with Crippen molar-refractivity contribution in [2.75, 3.05) is 21.3 Å². The number of alkyl halides is 3. The van der Waals surface area contributed by atoms with E-state index in [1.807, 2.05) is 42.5 Å². The lowest BCUT2D eigenvalue weighted by Gasteiger charge is -2.39. The van der Waals surface area contributed by atoms with E-state index < -0.39 is 22.8 Å². The number of halogens is 4. The summed E-state index contributed by atoms with van der Waals surface area (Å²) in [6, 6.07) is 21.9. The van der Waals surface area contributed by atoms with Crippen molar-refractivity contribution in [2.24, 2.45) is 0 Å². The average Bonchev–Trinajstić information content (AvgIpc) is 3.23. The Morgan fingerprint density at radius 1 is 0.700 bits per heavy atom. The van der Waals surface area contributed by atoms with Crippen molar-refractivity contribution in [1.29, 1.82) is 0 Å². The molecule has 1 aliphatic heterocycles. The van der Waals surface area contributed by atoms with E-state index >= 15 is 0 Å². The summed E-state index contributed by atoms with van der Waals surface area (Å²) < 4.78 is 81.6. The zero-order valence-corrected chi connectivity index (χ0v) is 28.0. The molecule has 5 aromatic carbocycles. The van der Waals surface area contributed by atoms with E-state index in [1.165, 1.54) is 24.3 Å². The number of ether oxygens (including phenoxy) is 4. The molecule has 0 bridgehead atoms. The van der Waals surface area contributed by atoms with Crippen molar-refractivity contribution in [1.82, 2.24) is 0 Å². The lowest BCUT2D eigenvalue weighted by Crippen LogP contribution is -2.35. The van der Waals surface area contributed by atoms with Crippen LogP contribution in [0.25, 0.3) is 28.0 Å². The van der Waals surface area contributed by atoms with E-state index in [4.69, 9.17) is 18.9 Å². The second-order valence-electron chi connectivity index (χ2n) is 13.4. The second-order valence-corrected chi connectivity index (χ2v) is 13.4. The Balaban J connectivity index is 1.48. The Labute approximate surface area is 288 Å². The zero-order valence-electron chi connectivity index (χ0n) is 28.0. The first-order valence-electron chi connectivity index (χ1n) is 16.9. The zero-order chi connectivity index (χ0) is 34.8. The minimum atomic E-state index is -4.48. The predicted octanol–water partition coefficient (Wildman–Crippen LogP) is 11.0. The Hall–Kier alpha value is -4.98. The highest BCUT2D eigenvalue weighted by molar-refractivity contribution is 6.09. The number of hydrogen-bond acceptors (Lipinski definition) is 4. The molecular weight excluding hydrogens is 644 g/mol. The van der Waals surface area contributed by atoms with E-state index in [-0.39, 0.29) is 5.82 Å². The summed E-state index contributed by atoms with van der Waals surface area (Å²) in [4.78, 5) is 0. The van der Waals surface area contributed by atoms with Crippen LogP contribution in [0.2, 0.25) is 0 Å². The van der Waals surface area contributed by atoms with Crippen LogP contribution in [0.15, 0.2) is 84.9 Å². The van der Waals surface area contributed by atoms with Crippen LogP contribution in [0.1, 0.15) is 71.9 Å². The summed E-state index contributed by atoms with van der Waals surface area (Å²) in [7, 11) is 4.74. The van der Waals surface area contributed by atoms with Gasteiger partial charge in [-0.1, -0.05) is 62.1 Å². The number of benzene rings is 5. The van der Waals surface area contributed by atoms with Crippen LogP contribution >= 0.6 is 0 Å². The topological polar surface area (TPSA) is 36.9 Å². The Morgan fingerprint density at radius 3 is 1.92 bits per heavy atom. The molecule has 4 nitrogen and oxygen atoms in total. The highest BCUT2D eigenvalue weighted by Crippen LogP contribution is 2.63. The average molecular weight is 681 g/mol. The van der Waals surface area contributed by atoms with E-state index in [2.05, 4.69) is 6.08 Å². The monoisotopic (exact) mass is 680 g/mol. The molecule has 0 aromatic heterocycles. The Bertz CT molecular complexity index is 2140. The molecule has 0 amide bonds. The summed E-state index contributed by atoms with van der Waals surface area (Å²) in [5.41, 5.74) is 3.26. The van der Waals surface area contributed by atoms with Gasteiger partial charge in [-0.2, -0.15) is 13.2 Å². The number of hydrogen-bond donors (Lipinski definition) is 0. The third-order valence-electron chi connectivity index (χ3n) is 10.9. The molecule has 1 saturated carbocycles. The number of rotatable bonds is 5. The van der Waals surface area contributed by atoms with Gasteiger partial charge in [-0.05, 0) is 95.1 Å². The molecule has 1 atom stereocenters. The van der Waals surface area contributed by atoms with Gasteiger partial charge in [0, 0.05) is 27.5 Å².